The molecule has 2 aromatic carbocycles. The van der Waals surface area contributed by atoms with Gasteiger partial charge in [-0.25, -0.2) is 0 Å². The van der Waals surface area contributed by atoms with Gasteiger partial charge in [0.2, 0.25) is 0 Å². The van der Waals surface area contributed by atoms with E-state index in [2.05, 4.69) is 38.3 Å². The van der Waals surface area contributed by atoms with Crippen LogP contribution in [0.2, 0.25) is 0 Å². The fourth-order valence-electron chi connectivity index (χ4n) is 2.44. The second-order valence-electron chi connectivity index (χ2n) is 7.05. The highest BCUT2D eigenvalue weighted by Crippen LogP contribution is 2.24. The third kappa shape index (κ3) is 5.91. The van der Waals surface area contributed by atoms with Crippen LogP contribution in [0, 0.1) is 0 Å². The maximum atomic E-state index is 12.2. The van der Waals surface area contributed by atoms with Gasteiger partial charge in [0.05, 0.1) is 0 Å². The Balaban J connectivity index is 1.91. The lowest BCUT2D eigenvalue weighted by molar-refractivity contribution is -0.118. The Morgan fingerprint density at radius 1 is 1.04 bits per heavy atom. The number of ether oxygens (including phenoxy) is 1. The molecule has 0 saturated carbocycles. The Kier molecular flexibility index (Phi) is 6.59. The van der Waals surface area contributed by atoms with Crippen LogP contribution < -0.4 is 15.4 Å². The van der Waals surface area contributed by atoms with Gasteiger partial charge in [0.1, 0.15) is 5.75 Å². The molecule has 2 rings (SSSR count). The SMILES string of the molecule is CCNCc1ccccc1NC(=O)COc1ccc(C(C)(C)C)cc1. The Bertz CT molecular complexity index is 688. The molecule has 4 heteroatoms. The minimum absolute atomic E-state index is 0.00952. The lowest BCUT2D eigenvalue weighted by atomic mass is 9.87. The summed E-state index contributed by atoms with van der Waals surface area (Å²) in [6.07, 6.45) is 0. The summed E-state index contributed by atoms with van der Waals surface area (Å²) in [6, 6.07) is 15.7. The Hall–Kier alpha value is -2.33. The van der Waals surface area contributed by atoms with E-state index >= 15 is 0 Å². The van der Waals surface area contributed by atoms with Gasteiger partial charge in [-0.15, -0.1) is 0 Å². The number of para-hydroxylation sites is 1. The monoisotopic (exact) mass is 340 g/mol. The van der Waals surface area contributed by atoms with Crippen LogP contribution in [0.4, 0.5) is 5.69 Å². The van der Waals surface area contributed by atoms with Crippen molar-refractivity contribution in [1.29, 1.82) is 0 Å². The topological polar surface area (TPSA) is 50.4 Å². The number of rotatable bonds is 7. The van der Waals surface area contributed by atoms with Gasteiger partial charge < -0.3 is 15.4 Å². The number of carbonyl (C=O) groups is 1. The predicted molar refractivity (Wildman–Crippen MR) is 103 cm³/mol. The molecular formula is C21H28N2O2. The molecule has 4 nitrogen and oxygen atoms in total. The van der Waals surface area contributed by atoms with E-state index in [0.29, 0.717) is 5.75 Å². The van der Waals surface area contributed by atoms with Crippen molar-refractivity contribution in [1.82, 2.24) is 5.32 Å². The minimum Gasteiger partial charge on any atom is -0.484 e. The summed E-state index contributed by atoms with van der Waals surface area (Å²) in [7, 11) is 0. The van der Waals surface area contributed by atoms with Crippen molar-refractivity contribution in [2.24, 2.45) is 0 Å². The molecule has 0 atom stereocenters. The van der Waals surface area contributed by atoms with Crippen molar-refractivity contribution >= 4 is 11.6 Å². The van der Waals surface area contributed by atoms with Gasteiger partial charge in [-0.2, -0.15) is 0 Å². The molecule has 0 radical (unpaired) electrons. The van der Waals surface area contributed by atoms with Gasteiger partial charge in [0, 0.05) is 12.2 Å². The summed E-state index contributed by atoms with van der Waals surface area (Å²) in [5.41, 5.74) is 3.22. The van der Waals surface area contributed by atoms with Crippen LogP contribution in [0.15, 0.2) is 48.5 Å². The fourth-order valence-corrected chi connectivity index (χ4v) is 2.44. The molecule has 134 valence electrons. The predicted octanol–water partition coefficient (Wildman–Crippen LogP) is 4.11. The molecule has 2 aromatic rings. The highest BCUT2D eigenvalue weighted by molar-refractivity contribution is 5.92. The highest BCUT2D eigenvalue weighted by Gasteiger charge is 2.13. The summed E-state index contributed by atoms with van der Waals surface area (Å²) in [6.45, 7) is 10.2. The minimum atomic E-state index is -0.163. The fraction of sp³-hybridized carbons (Fsp3) is 0.381. The van der Waals surface area contributed by atoms with E-state index in [9.17, 15) is 4.79 Å². The van der Waals surface area contributed by atoms with Crippen LogP contribution in [-0.2, 0) is 16.8 Å². The van der Waals surface area contributed by atoms with E-state index in [1.165, 1.54) is 5.56 Å². The van der Waals surface area contributed by atoms with Gasteiger partial charge >= 0.3 is 0 Å². The van der Waals surface area contributed by atoms with E-state index in [4.69, 9.17) is 4.74 Å². The standard InChI is InChI=1S/C21H28N2O2/c1-5-22-14-16-8-6-7-9-19(16)23-20(24)15-25-18-12-10-17(11-13-18)21(2,3)4/h6-13,22H,5,14-15H2,1-4H3,(H,23,24). The zero-order valence-corrected chi connectivity index (χ0v) is 15.6. The summed E-state index contributed by atoms with van der Waals surface area (Å²) in [4.78, 5) is 12.2. The maximum Gasteiger partial charge on any atom is 0.262 e. The van der Waals surface area contributed by atoms with Crippen LogP contribution in [0.3, 0.4) is 0 Å². The van der Waals surface area contributed by atoms with Crippen molar-refractivity contribution < 1.29 is 9.53 Å². The van der Waals surface area contributed by atoms with Crippen LogP contribution in [0.25, 0.3) is 0 Å². The molecule has 0 aliphatic rings. The molecule has 2 N–H and O–H groups in total. The maximum absolute atomic E-state index is 12.2. The Morgan fingerprint density at radius 3 is 2.36 bits per heavy atom. The summed E-state index contributed by atoms with van der Waals surface area (Å²) in [5, 5.41) is 6.19. The van der Waals surface area contributed by atoms with Gasteiger partial charge in [-0.1, -0.05) is 58.0 Å². The largest absolute Gasteiger partial charge is 0.484 e. The number of amides is 1. The van der Waals surface area contributed by atoms with E-state index in [0.717, 1.165) is 24.3 Å². The number of carbonyl (C=O) groups excluding carboxylic acids is 1. The third-order valence-corrected chi connectivity index (χ3v) is 3.95. The van der Waals surface area contributed by atoms with E-state index in [-0.39, 0.29) is 17.9 Å². The average molecular weight is 340 g/mol. The molecular weight excluding hydrogens is 312 g/mol. The Morgan fingerprint density at radius 2 is 1.72 bits per heavy atom. The van der Waals surface area contributed by atoms with Crippen LogP contribution >= 0.6 is 0 Å². The first-order valence-electron chi connectivity index (χ1n) is 8.72. The molecule has 0 heterocycles. The number of hydrogen-bond acceptors (Lipinski definition) is 3. The lowest BCUT2D eigenvalue weighted by Gasteiger charge is -2.19. The normalized spacial score (nSPS) is 11.2. The molecule has 0 fully saturated rings. The van der Waals surface area contributed by atoms with Gasteiger partial charge in [-0.05, 0) is 41.3 Å². The molecule has 1 amide bonds. The summed E-state index contributed by atoms with van der Waals surface area (Å²) in [5.74, 6) is 0.535. The molecule has 0 spiro atoms. The zero-order valence-electron chi connectivity index (χ0n) is 15.6. The van der Waals surface area contributed by atoms with Crippen molar-refractivity contribution in [3.63, 3.8) is 0 Å². The second kappa shape index (κ2) is 8.67. The van der Waals surface area contributed by atoms with Gasteiger partial charge in [-0.3, -0.25) is 4.79 Å². The molecule has 25 heavy (non-hydrogen) atoms. The Labute approximate surface area is 150 Å². The van der Waals surface area contributed by atoms with E-state index in [1.807, 2.05) is 48.5 Å². The zero-order chi connectivity index (χ0) is 18.3. The quantitative estimate of drug-likeness (QED) is 0.797. The molecule has 0 aliphatic carbocycles. The highest BCUT2D eigenvalue weighted by atomic mass is 16.5. The first kappa shape index (κ1) is 19.0. The molecule has 0 aliphatic heterocycles. The van der Waals surface area contributed by atoms with Gasteiger partial charge in [0.25, 0.3) is 5.91 Å². The summed E-state index contributed by atoms with van der Waals surface area (Å²) >= 11 is 0. The summed E-state index contributed by atoms with van der Waals surface area (Å²) < 4.78 is 5.60. The average Bonchev–Trinajstić information content (AvgIpc) is 2.59. The molecule has 0 saturated heterocycles. The third-order valence-electron chi connectivity index (χ3n) is 3.95. The van der Waals surface area contributed by atoms with E-state index < -0.39 is 0 Å². The number of hydrogen-bond donors (Lipinski definition) is 2. The molecule has 0 unspecified atom stereocenters. The van der Waals surface area contributed by atoms with Crippen molar-refractivity contribution in [2.75, 3.05) is 18.5 Å². The number of anilines is 1. The van der Waals surface area contributed by atoms with Crippen molar-refractivity contribution in [3.05, 3.63) is 59.7 Å². The second-order valence-corrected chi connectivity index (χ2v) is 7.05. The van der Waals surface area contributed by atoms with Crippen LogP contribution in [-0.4, -0.2) is 19.1 Å². The van der Waals surface area contributed by atoms with Crippen molar-refractivity contribution in [3.8, 4) is 5.75 Å². The first-order chi connectivity index (χ1) is 11.9. The van der Waals surface area contributed by atoms with Crippen LogP contribution in [0.1, 0.15) is 38.8 Å². The smallest absolute Gasteiger partial charge is 0.262 e. The van der Waals surface area contributed by atoms with Gasteiger partial charge in [0.15, 0.2) is 6.61 Å². The first-order valence-corrected chi connectivity index (χ1v) is 8.72. The number of benzene rings is 2. The lowest BCUT2D eigenvalue weighted by Crippen LogP contribution is -2.22. The molecule has 0 bridgehead atoms. The number of nitrogens with one attached hydrogen (secondary N) is 2. The van der Waals surface area contributed by atoms with Crippen LogP contribution in [0.5, 0.6) is 5.75 Å². The van der Waals surface area contributed by atoms with Crippen molar-refractivity contribution in [2.45, 2.75) is 39.7 Å². The van der Waals surface area contributed by atoms with E-state index in [1.54, 1.807) is 0 Å². The molecule has 0 aromatic heterocycles.